The fourth-order valence-corrected chi connectivity index (χ4v) is 1.39. The molecule has 1 atom stereocenters. The molecule has 1 aliphatic heterocycles. The van der Waals surface area contributed by atoms with Crippen LogP contribution < -0.4 is 5.32 Å². The van der Waals surface area contributed by atoms with Gasteiger partial charge in [-0.05, 0) is 25.5 Å². The van der Waals surface area contributed by atoms with Gasteiger partial charge in [0.15, 0.2) is 0 Å². The smallest absolute Gasteiger partial charge is 0.0414 e. The van der Waals surface area contributed by atoms with Crippen molar-refractivity contribution in [3.05, 3.63) is 47.9 Å². The van der Waals surface area contributed by atoms with Crippen LogP contribution in [0.5, 0.6) is 0 Å². The second-order valence-corrected chi connectivity index (χ2v) is 3.60. The number of rotatable bonds is 1. The van der Waals surface area contributed by atoms with E-state index in [9.17, 15) is 0 Å². The van der Waals surface area contributed by atoms with Gasteiger partial charge in [-0.15, -0.1) is 0 Å². The highest BCUT2D eigenvalue weighted by Crippen LogP contribution is 2.17. The number of dihydropyridines is 1. The summed E-state index contributed by atoms with van der Waals surface area (Å²) in [4.78, 5) is 4.27. The predicted octanol–water partition coefficient (Wildman–Crippen LogP) is 3.31. The van der Waals surface area contributed by atoms with E-state index in [0.29, 0.717) is 6.04 Å². The number of nitrogens with one attached hydrogen (secondary N) is 1. The molecule has 1 aromatic heterocycles. The predicted molar refractivity (Wildman–Crippen MR) is 70.0 cm³/mol. The normalized spacial score (nSPS) is 18.0. The average molecular weight is 216 g/mol. The summed E-state index contributed by atoms with van der Waals surface area (Å²) >= 11 is 0. The minimum atomic E-state index is 0.428. The summed E-state index contributed by atoms with van der Waals surface area (Å²) in [6.45, 7) is 8.12. The molecule has 0 saturated carbocycles. The Labute approximate surface area is 98.1 Å². The van der Waals surface area contributed by atoms with Crippen molar-refractivity contribution in [2.45, 2.75) is 33.7 Å². The van der Waals surface area contributed by atoms with Crippen LogP contribution in [0.3, 0.4) is 0 Å². The van der Waals surface area contributed by atoms with Crippen LogP contribution >= 0.6 is 0 Å². The van der Waals surface area contributed by atoms with Crippen LogP contribution in [0.25, 0.3) is 5.57 Å². The van der Waals surface area contributed by atoms with Crippen LogP contribution in [0.1, 0.15) is 32.0 Å². The van der Waals surface area contributed by atoms with Gasteiger partial charge >= 0.3 is 0 Å². The van der Waals surface area contributed by atoms with Gasteiger partial charge in [0.05, 0.1) is 0 Å². The molecule has 86 valence electrons. The SMILES string of the molecule is CC.Cc1ccc(C2=CNC(C)C=C2)cn1. The van der Waals surface area contributed by atoms with E-state index in [1.165, 1.54) is 5.57 Å². The second kappa shape index (κ2) is 6.11. The molecule has 2 nitrogen and oxygen atoms in total. The summed E-state index contributed by atoms with van der Waals surface area (Å²) in [7, 11) is 0. The van der Waals surface area contributed by atoms with Crippen molar-refractivity contribution in [1.29, 1.82) is 0 Å². The van der Waals surface area contributed by atoms with E-state index in [0.717, 1.165) is 11.3 Å². The molecule has 0 aromatic carbocycles. The van der Waals surface area contributed by atoms with Crippen LogP contribution in [-0.2, 0) is 0 Å². The van der Waals surface area contributed by atoms with Gasteiger partial charge in [-0.2, -0.15) is 0 Å². The highest BCUT2D eigenvalue weighted by molar-refractivity contribution is 5.74. The summed E-state index contributed by atoms with van der Waals surface area (Å²) in [6.07, 6.45) is 8.23. The molecule has 0 fully saturated rings. The lowest BCUT2D eigenvalue weighted by molar-refractivity contribution is 0.764. The Morgan fingerprint density at radius 2 is 2.00 bits per heavy atom. The van der Waals surface area contributed by atoms with Crippen molar-refractivity contribution in [2.24, 2.45) is 0 Å². The molecule has 0 radical (unpaired) electrons. The highest BCUT2D eigenvalue weighted by Gasteiger charge is 2.04. The van der Waals surface area contributed by atoms with Gasteiger partial charge in [-0.25, -0.2) is 0 Å². The van der Waals surface area contributed by atoms with Crippen molar-refractivity contribution in [3.63, 3.8) is 0 Å². The van der Waals surface area contributed by atoms with E-state index in [1.54, 1.807) is 0 Å². The molecule has 1 N–H and O–H groups in total. The molecule has 2 rings (SSSR count). The van der Waals surface area contributed by atoms with E-state index in [2.05, 4.69) is 35.4 Å². The van der Waals surface area contributed by atoms with Gasteiger partial charge in [0, 0.05) is 29.7 Å². The first-order chi connectivity index (χ1) is 7.75. The maximum absolute atomic E-state index is 4.27. The maximum atomic E-state index is 4.27. The maximum Gasteiger partial charge on any atom is 0.0414 e. The third-order valence-corrected chi connectivity index (χ3v) is 2.31. The van der Waals surface area contributed by atoms with E-state index >= 15 is 0 Å². The standard InChI is InChI=1S/C12H14N2.C2H6/c1-9-3-5-11(7-13-9)12-6-4-10(2)14-8-12;1-2/h3-9,13H,1-2H3;1-2H3. The van der Waals surface area contributed by atoms with Crippen LogP contribution in [0.2, 0.25) is 0 Å². The van der Waals surface area contributed by atoms with E-state index in [4.69, 9.17) is 0 Å². The lowest BCUT2D eigenvalue weighted by Gasteiger charge is -2.14. The molecule has 0 saturated heterocycles. The van der Waals surface area contributed by atoms with Crippen molar-refractivity contribution < 1.29 is 0 Å². The molecule has 16 heavy (non-hydrogen) atoms. The van der Waals surface area contributed by atoms with Crippen molar-refractivity contribution in [1.82, 2.24) is 10.3 Å². The van der Waals surface area contributed by atoms with Gasteiger partial charge in [0.25, 0.3) is 0 Å². The summed E-state index contributed by atoms with van der Waals surface area (Å²) < 4.78 is 0. The van der Waals surface area contributed by atoms with Crippen molar-refractivity contribution >= 4 is 5.57 Å². The zero-order valence-corrected chi connectivity index (χ0v) is 10.5. The first kappa shape index (κ1) is 12.5. The second-order valence-electron chi connectivity index (χ2n) is 3.60. The van der Waals surface area contributed by atoms with E-state index in [1.807, 2.05) is 39.2 Å². The number of aromatic nitrogens is 1. The number of hydrogen-bond donors (Lipinski definition) is 1. The van der Waals surface area contributed by atoms with E-state index in [-0.39, 0.29) is 0 Å². The Morgan fingerprint density at radius 3 is 2.50 bits per heavy atom. The fraction of sp³-hybridized carbons (Fsp3) is 0.357. The minimum absolute atomic E-state index is 0.428. The zero-order chi connectivity index (χ0) is 12.0. The van der Waals surface area contributed by atoms with Gasteiger partial charge in [-0.1, -0.05) is 32.1 Å². The van der Waals surface area contributed by atoms with Crippen LogP contribution in [0.15, 0.2) is 36.7 Å². The summed E-state index contributed by atoms with van der Waals surface area (Å²) in [6, 6.07) is 4.55. The first-order valence-electron chi connectivity index (χ1n) is 5.83. The first-order valence-corrected chi connectivity index (χ1v) is 5.83. The molecular weight excluding hydrogens is 196 g/mol. The molecule has 0 amide bonds. The number of pyridine rings is 1. The largest absolute Gasteiger partial charge is 0.384 e. The van der Waals surface area contributed by atoms with Gasteiger partial charge in [0.1, 0.15) is 0 Å². The van der Waals surface area contributed by atoms with Crippen molar-refractivity contribution in [2.75, 3.05) is 0 Å². The molecule has 2 heteroatoms. The summed E-state index contributed by atoms with van der Waals surface area (Å²) in [5, 5.41) is 3.27. The highest BCUT2D eigenvalue weighted by atomic mass is 14.9. The molecule has 2 heterocycles. The monoisotopic (exact) mass is 216 g/mol. The molecule has 1 aromatic rings. The number of nitrogens with zero attached hydrogens (tertiary/aromatic N) is 1. The number of hydrogen-bond acceptors (Lipinski definition) is 2. The summed E-state index contributed by atoms with van der Waals surface area (Å²) in [5.74, 6) is 0. The van der Waals surface area contributed by atoms with Gasteiger partial charge in [-0.3, -0.25) is 4.98 Å². The summed E-state index contributed by atoms with van der Waals surface area (Å²) in [5.41, 5.74) is 3.40. The Morgan fingerprint density at radius 1 is 1.25 bits per heavy atom. The quantitative estimate of drug-likeness (QED) is 0.779. The third-order valence-electron chi connectivity index (χ3n) is 2.31. The molecule has 1 unspecified atom stereocenters. The molecule has 0 spiro atoms. The van der Waals surface area contributed by atoms with Crippen LogP contribution in [0, 0.1) is 6.92 Å². The minimum Gasteiger partial charge on any atom is -0.384 e. The van der Waals surface area contributed by atoms with Crippen molar-refractivity contribution in [3.8, 4) is 0 Å². The lowest BCUT2D eigenvalue weighted by Crippen LogP contribution is -2.20. The molecule has 1 aliphatic rings. The van der Waals surface area contributed by atoms with E-state index < -0.39 is 0 Å². The van der Waals surface area contributed by atoms with Gasteiger partial charge in [0.2, 0.25) is 0 Å². The molecule has 0 aliphatic carbocycles. The Kier molecular flexibility index (Phi) is 4.77. The molecular formula is C14H20N2. The number of aryl methyl sites for hydroxylation is 1. The Bertz CT molecular complexity index is 374. The Hall–Kier alpha value is -1.57. The van der Waals surface area contributed by atoms with Gasteiger partial charge < -0.3 is 5.32 Å². The van der Waals surface area contributed by atoms with Crippen LogP contribution in [0.4, 0.5) is 0 Å². The molecule has 0 bridgehead atoms. The average Bonchev–Trinajstić information content (AvgIpc) is 2.34. The Balaban J connectivity index is 0.000000606. The zero-order valence-electron chi connectivity index (χ0n) is 10.5. The lowest BCUT2D eigenvalue weighted by atomic mass is 10.1. The van der Waals surface area contributed by atoms with Crippen LogP contribution in [-0.4, -0.2) is 11.0 Å². The number of allylic oxidation sites excluding steroid dienone is 2. The topological polar surface area (TPSA) is 24.9 Å². The fourth-order valence-electron chi connectivity index (χ4n) is 1.39. The third kappa shape index (κ3) is 3.23.